The summed E-state index contributed by atoms with van der Waals surface area (Å²) in [4.78, 5) is 0. The fourth-order valence-electron chi connectivity index (χ4n) is 0.323. The number of nitrogens with two attached hydrogens (primary N) is 1. The smallest absolute Gasteiger partial charge is 0.169 e. The van der Waals surface area contributed by atoms with Crippen molar-refractivity contribution in [1.82, 2.24) is 0 Å². The first-order valence-corrected chi connectivity index (χ1v) is 2.73. The molecule has 0 aromatic heterocycles. The van der Waals surface area contributed by atoms with E-state index in [1.807, 2.05) is 6.92 Å². The molecule has 3 nitrogen and oxygen atoms in total. The van der Waals surface area contributed by atoms with E-state index < -0.39 is 6.29 Å². The Morgan fingerprint density at radius 3 is 2.38 bits per heavy atom. The van der Waals surface area contributed by atoms with Gasteiger partial charge in [-0.05, 0) is 13.8 Å². The summed E-state index contributed by atoms with van der Waals surface area (Å²) in [5.74, 6) is 0. The maximum atomic E-state index is 8.78. The molecule has 3 N–H and O–H groups in total. The number of hydrogen-bond acceptors (Lipinski definition) is 3. The quantitative estimate of drug-likeness (QED) is 0.501. The fraction of sp³-hybridized carbons (Fsp3) is 1.00. The summed E-state index contributed by atoms with van der Waals surface area (Å²) in [7, 11) is 0. The highest BCUT2D eigenvalue weighted by Gasteiger charge is 2.06. The molecule has 0 saturated carbocycles. The first-order chi connectivity index (χ1) is 3.68. The minimum atomic E-state index is -0.806. The van der Waals surface area contributed by atoms with Gasteiger partial charge in [0.15, 0.2) is 6.29 Å². The van der Waals surface area contributed by atoms with E-state index in [-0.39, 0.29) is 6.04 Å². The van der Waals surface area contributed by atoms with Crippen LogP contribution >= 0.6 is 0 Å². The van der Waals surface area contributed by atoms with Crippen LogP contribution in [0.2, 0.25) is 0 Å². The first-order valence-electron chi connectivity index (χ1n) is 2.73. The third-order valence-corrected chi connectivity index (χ3v) is 0.787. The second-order valence-electron chi connectivity index (χ2n) is 1.71. The molecular formula is C5H13NO2. The Labute approximate surface area is 49.4 Å². The van der Waals surface area contributed by atoms with Gasteiger partial charge in [0.25, 0.3) is 0 Å². The zero-order valence-corrected chi connectivity index (χ0v) is 5.29. The van der Waals surface area contributed by atoms with Crippen LogP contribution in [-0.2, 0) is 4.74 Å². The van der Waals surface area contributed by atoms with Gasteiger partial charge in [-0.3, -0.25) is 0 Å². The van der Waals surface area contributed by atoms with Crippen LogP contribution in [0.1, 0.15) is 13.8 Å². The van der Waals surface area contributed by atoms with Crippen LogP contribution in [-0.4, -0.2) is 24.0 Å². The Balaban J connectivity index is 3.17. The van der Waals surface area contributed by atoms with Gasteiger partial charge >= 0.3 is 0 Å². The Morgan fingerprint density at radius 2 is 2.25 bits per heavy atom. The van der Waals surface area contributed by atoms with Crippen molar-refractivity contribution in [2.24, 2.45) is 5.73 Å². The lowest BCUT2D eigenvalue weighted by Gasteiger charge is -2.12. The van der Waals surface area contributed by atoms with Crippen LogP contribution in [0, 0.1) is 0 Å². The van der Waals surface area contributed by atoms with Crippen molar-refractivity contribution >= 4 is 0 Å². The molecule has 0 amide bonds. The Bertz CT molecular complexity index is 56.4. The molecular weight excluding hydrogens is 106 g/mol. The summed E-state index contributed by atoms with van der Waals surface area (Å²) < 4.78 is 4.73. The fourth-order valence-corrected chi connectivity index (χ4v) is 0.323. The van der Waals surface area contributed by atoms with Crippen molar-refractivity contribution in [3.05, 3.63) is 0 Å². The molecule has 0 fully saturated rings. The lowest BCUT2D eigenvalue weighted by molar-refractivity contribution is -0.105. The molecule has 2 atom stereocenters. The average molecular weight is 119 g/mol. The van der Waals surface area contributed by atoms with E-state index in [1.165, 1.54) is 0 Å². The molecule has 0 aliphatic carbocycles. The Hall–Kier alpha value is -0.120. The molecule has 1 unspecified atom stereocenters. The van der Waals surface area contributed by atoms with Crippen molar-refractivity contribution in [3.63, 3.8) is 0 Å². The maximum Gasteiger partial charge on any atom is 0.169 e. The van der Waals surface area contributed by atoms with Crippen LogP contribution in [0.25, 0.3) is 0 Å². The second kappa shape index (κ2) is 3.83. The van der Waals surface area contributed by atoms with Gasteiger partial charge in [-0.1, -0.05) is 0 Å². The molecule has 0 aromatic carbocycles. The zero-order valence-electron chi connectivity index (χ0n) is 5.29. The molecule has 0 aliphatic rings. The largest absolute Gasteiger partial charge is 0.367 e. The molecule has 0 radical (unpaired) electrons. The first kappa shape index (κ1) is 7.88. The van der Waals surface area contributed by atoms with Gasteiger partial charge in [0.1, 0.15) is 0 Å². The molecule has 3 heteroatoms. The molecule has 0 bridgehead atoms. The maximum absolute atomic E-state index is 8.78. The minimum absolute atomic E-state index is 0.296. The third-order valence-electron chi connectivity index (χ3n) is 0.787. The number of hydrogen-bond donors (Lipinski definition) is 2. The summed E-state index contributed by atoms with van der Waals surface area (Å²) in [6.07, 6.45) is -0.806. The van der Waals surface area contributed by atoms with E-state index >= 15 is 0 Å². The highest BCUT2D eigenvalue weighted by Crippen LogP contribution is 1.89. The van der Waals surface area contributed by atoms with Gasteiger partial charge in [-0.25, -0.2) is 0 Å². The standard InChI is InChI=1S/C5H13NO2/c1-3-8-5(7)4(2)6/h4-5,7H,3,6H2,1-2H3/t4-,5?/m0/s1. The van der Waals surface area contributed by atoms with E-state index in [2.05, 4.69) is 0 Å². The molecule has 0 rings (SSSR count). The van der Waals surface area contributed by atoms with Crippen LogP contribution in [0.3, 0.4) is 0 Å². The van der Waals surface area contributed by atoms with Crippen molar-refractivity contribution in [2.75, 3.05) is 6.61 Å². The van der Waals surface area contributed by atoms with Gasteiger partial charge < -0.3 is 15.6 Å². The minimum Gasteiger partial charge on any atom is -0.367 e. The second-order valence-corrected chi connectivity index (χ2v) is 1.71. The van der Waals surface area contributed by atoms with E-state index in [0.717, 1.165) is 0 Å². The number of rotatable bonds is 3. The molecule has 0 spiro atoms. The van der Waals surface area contributed by atoms with Crippen LogP contribution in [0.5, 0.6) is 0 Å². The Morgan fingerprint density at radius 1 is 1.75 bits per heavy atom. The van der Waals surface area contributed by atoms with Crippen molar-refractivity contribution < 1.29 is 9.84 Å². The number of aliphatic hydroxyl groups is 1. The van der Waals surface area contributed by atoms with E-state index in [4.69, 9.17) is 15.6 Å². The molecule has 0 saturated heterocycles. The molecule has 0 aliphatic heterocycles. The van der Waals surface area contributed by atoms with Crippen LogP contribution < -0.4 is 5.73 Å². The molecule has 8 heavy (non-hydrogen) atoms. The summed E-state index contributed by atoms with van der Waals surface area (Å²) >= 11 is 0. The van der Waals surface area contributed by atoms with Gasteiger partial charge in [0.2, 0.25) is 0 Å². The van der Waals surface area contributed by atoms with Gasteiger partial charge in [-0.15, -0.1) is 0 Å². The lowest BCUT2D eigenvalue weighted by atomic mass is 10.4. The summed E-state index contributed by atoms with van der Waals surface area (Å²) in [5, 5.41) is 8.78. The van der Waals surface area contributed by atoms with Crippen LogP contribution in [0.4, 0.5) is 0 Å². The topological polar surface area (TPSA) is 55.5 Å². The molecule has 50 valence electrons. The van der Waals surface area contributed by atoms with Crippen LogP contribution in [0.15, 0.2) is 0 Å². The predicted molar refractivity (Wildman–Crippen MR) is 31.3 cm³/mol. The van der Waals surface area contributed by atoms with E-state index in [9.17, 15) is 0 Å². The highest BCUT2D eigenvalue weighted by atomic mass is 16.6. The van der Waals surface area contributed by atoms with Gasteiger partial charge in [0.05, 0.1) is 6.04 Å². The van der Waals surface area contributed by atoms with Crippen molar-refractivity contribution in [1.29, 1.82) is 0 Å². The van der Waals surface area contributed by atoms with E-state index in [0.29, 0.717) is 6.61 Å². The normalized spacial score (nSPS) is 18.0. The molecule has 0 heterocycles. The van der Waals surface area contributed by atoms with Gasteiger partial charge in [-0.2, -0.15) is 0 Å². The average Bonchev–Trinajstić information content (AvgIpc) is 1.67. The van der Waals surface area contributed by atoms with Gasteiger partial charge in [0, 0.05) is 6.61 Å². The number of ether oxygens (including phenoxy) is 1. The predicted octanol–water partition coefficient (Wildman–Crippen LogP) is -0.312. The highest BCUT2D eigenvalue weighted by molar-refractivity contribution is 4.53. The summed E-state index contributed by atoms with van der Waals surface area (Å²) in [6.45, 7) is 4.01. The summed E-state index contributed by atoms with van der Waals surface area (Å²) in [5.41, 5.74) is 5.25. The summed E-state index contributed by atoms with van der Waals surface area (Å²) in [6, 6.07) is -0.296. The SMILES string of the molecule is CCOC(O)[C@H](C)N. The monoisotopic (exact) mass is 119 g/mol. The third kappa shape index (κ3) is 2.96. The number of aliphatic hydroxyl groups excluding tert-OH is 1. The van der Waals surface area contributed by atoms with Crippen molar-refractivity contribution in [2.45, 2.75) is 26.2 Å². The molecule has 0 aromatic rings. The van der Waals surface area contributed by atoms with E-state index in [1.54, 1.807) is 6.92 Å². The zero-order chi connectivity index (χ0) is 6.57. The Kier molecular flexibility index (Phi) is 3.77. The lowest BCUT2D eigenvalue weighted by Crippen LogP contribution is -2.33. The van der Waals surface area contributed by atoms with Crippen molar-refractivity contribution in [3.8, 4) is 0 Å².